The summed E-state index contributed by atoms with van der Waals surface area (Å²) in [4.78, 5) is 4.33. The average molecular weight is 568 g/mol. The Morgan fingerprint density at radius 3 is 2.64 bits per heavy atom. The highest BCUT2D eigenvalue weighted by Crippen LogP contribution is 2.29. The van der Waals surface area contributed by atoms with Crippen LogP contribution in [0.25, 0.3) is 0 Å². The summed E-state index contributed by atoms with van der Waals surface area (Å²) < 4.78 is 12.3. The lowest BCUT2D eigenvalue weighted by molar-refractivity contribution is 0.0203. The summed E-state index contributed by atoms with van der Waals surface area (Å²) in [6, 6.07) is 8.37. The van der Waals surface area contributed by atoms with Crippen molar-refractivity contribution >= 4 is 45.9 Å². The Balaban J connectivity index is 0.00000392. The molecule has 0 bridgehead atoms. The lowest BCUT2D eigenvalue weighted by Crippen LogP contribution is -2.44. The molecule has 2 rings (SSSR count). The zero-order valence-electron chi connectivity index (χ0n) is 17.3. The van der Waals surface area contributed by atoms with Gasteiger partial charge >= 0.3 is 0 Å². The van der Waals surface area contributed by atoms with Crippen LogP contribution in [0.3, 0.4) is 0 Å². The van der Waals surface area contributed by atoms with Crippen molar-refractivity contribution in [3.63, 3.8) is 0 Å². The predicted molar refractivity (Wildman–Crippen MR) is 131 cm³/mol. The molecule has 1 heterocycles. The number of ether oxygens (including phenoxy) is 2. The Labute approximate surface area is 195 Å². The fourth-order valence-corrected chi connectivity index (χ4v) is 4.00. The molecule has 0 aromatic heterocycles. The molecule has 1 saturated heterocycles. The highest BCUT2D eigenvalue weighted by Gasteiger charge is 2.23. The molecule has 1 aliphatic heterocycles. The number of aliphatic imine (C=N–C) groups is 1. The highest BCUT2D eigenvalue weighted by molar-refractivity contribution is 14.0. The van der Waals surface area contributed by atoms with Crippen molar-refractivity contribution in [1.82, 2.24) is 10.6 Å². The van der Waals surface area contributed by atoms with E-state index in [1.165, 1.54) is 5.56 Å². The van der Waals surface area contributed by atoms with Crippen LogP contribution in [-0.4, -0.2) is 52.5 Å². The van der Waals surface area contributed by atoms with Crippen molar-refractivity contribution in [3.8, 4) is 0 Å². The standard InChI is InChI=1S/C21H34BrN3O2.HI/c1-21(2,18-7-4-5-8-19(18)22)16-25-20(23-3)24-11-6-12-27-15-17-9-13-26-14-10-17;/h4-5,7-8,17H,6,9-16H2,1-3H3,(H2,23,24,25);1H. The predicted octanol–water partition coefficient (Wildman–Crippen LogP) is 4.34. The second kappa shape index (κ2) is 13.8. The summed E-state index contributed by atoms with van der Waals surface area (Å²) in [7, 11) is 1.81. The van der Waals surface area contributed by atoms with E-state index in [0.717, 1.165) is 69.2 Å². The van der Waals surface area contributed by atoms with Crippen LogP contribution >= 0.6 is 39.9 Å². The smallest absolute Gasteiger partial charge is 0.191 e. The Hall–Kier alpha value is -0.380. The van der Waals surface area contributed by atoms with Crippen molar-refractivity contribution in [2.45, 2.75) is 38.5 Å². The van der Waals surface area contributed by atoms with Crippen molar-refractivity contribution in [3.05, 3.63) is 34.3 Å². The zero-order valence-corrected chi connectivity index (χ0v) is 21.2. The van der Waals surface area contributed by atoms with Crippen molar-refractivity contribution < 1.29 is 9.47 Å². The van der Waals surface area contributed by atoms with Gasteiger partial charge in [0.15, 0.2) is 5.96 Å². The van der Waals surface area contributed by atoms with Gasteiger partial charge in [0.25, 0.3) is 0 Å². The topological polar surface area (TPSA) is 54.9 Å². The molecule has 0 aliphatic carbocycles. The van der Waals surface area contributed by atoms with Crippen LogP contribution in [0.2, 0.25) is 0 Å². The fraction of sp³-hybridized carbons (Fsp3) is 0.667. The molecule has 7 heteroatoms. The Kier molecular flexibility index (Phi) is 12.6. The van der Waals surface area contributed by atoms with Crippen molar-refractivity contribution in [2.24, 2.45) is 10.9 Å². The summed E-state index contributed by atoms with van der Waals surface area (Å²) in [5, 5.41) is 6.82. The van der Waals surface area contributed by atoms with Crippen LogP contribution in [0.5, 0.6) is 0 Å². The molecule has 5 nitrogen and oxygen atoms in total. The number of nitrogens with zero attached hydrogens (tertiary/aromatic N) is 1. The van der Waals surface area contributed by atoms with E-state index in [2.05, 4.69) is 63.6 Å². The van der Waals surface area contributed by atoms with Crippen LogP contribution in [0.15, 0.2) is 33.7 Å². The normalized spacial score (nSPS) is 15.8. The first-order valence-electron chi connectivity index (χ1n) is 9.88. The third kappa shape index (κ3) is 8.97. The van der Waals surface area contributed by atoms with Gasteiger partial charge in [-0.3, -0.25) is 4.99 Å². The van der Waals surface area contributed by atoms with Gasteiger partial charge < -0.3 is 20.1 Å². The lowest BCUT2D eigenvalue weighted by Gasteiger charge is -2.28. The largest absolute Gasteiger partial charge is 0.381 e. The number of guanidine groups is 1. The van der Waals surface area contributed by atoms with Crippen molar-refractivity contribution in [1.29, 1.82) is 0 Å². The van der Waals surface area contributed by atoms with Gasteiger partial charge in [-0.15, -0.1) is 24.0 Å². The van der Waals surface area contributed by atoms with Crippen molar-refractivity contribution in [2.75, 3.05) is 46.6 Å². The molecule has 1 aliphatic rings. The first-order chi connectivity index (χ1) is 13.0. The number of rotatable bonds is 9. The molecule has 1 aromatic carbocycles. The van der Waals surface area contributed by atoms with Gasteiger partial charge in [0.2, 0.25) is 0 Å². The maximum atomic E-state index is 5.81. The zero-order chi connectivity index (χ0) is 19.5. The molecular weight excluding hydrogens is 533 g/mol. The molecular formula is C21H35BrIN3O2. The monoisotopic (exact) mass is 567 g/mol. The minimum atomic E-state index is -0.00939. The maximum absolute atomic E-state index is 5.81. The second-order valence-corrected chi connectivity index (χ2v) is 8.55. The van der Waals surface area contributed by atoms with E-state index in [1.54, 1.807) is 0 Å². The summed E-state index contributed by atoms with van der Waals surface area (Å²) in [5.74, 6) is 1.50. The summed E-state index contributed by atoms with van der Waals surface area (Å²) in [5.41, 5.74) is 1.28. The molecule has 2 N–H and O–H groups in total. The maximum Gasteiger partial charge on any atom is 0.191 e. The molecule has 0 spiro atoms. The molecule has 1 aromatic rings. The Morgan fingerprint density at radius 1 is 1.25 bits per heavy atom. The van der Waals surface area contributed by atoms with Gasteiger partial charge in [-0.1, -0.05) is 48.0 Å². The first-order valence-corrected chi connectivity index (χ1v) is 10.7. The van der Waals surface area contributed by atoms with Crippen LogP contribution in [0.1, 0.15) is 38.7 Å². The van der Waals surface area contributed by atoms with E-state index in [0.29, 0.717) is 5.92 Å². The first kappa shape index (κ1) is 25.7. The molecule has 0 unspecified atom stereocenters. The lowest BCUT2D eigenvalue weighted by atomic mass is 9.84. The third-order valence-electron chi connectivity index (χ3n) is 4.98. The van der Waals surface area contributed by atoms with Gasteiger partial charge in [-0.05, 0) is 36.8 Å². The average Bonchev–Trinajstić information content (AvgIpc) is 2.68. The van der Waals surface area contributed by atoms with E-state index in [1.807, 2.05) is 13.1 Å². The molecule has 1 fully saturated rings. The van der Waals surface area contributed by atoms with Gasteiger partial charge in [0.05, 0.1) is 0 Å². The van der Waals surface area contributed by atoms with Crippen LogP contribution in [0.4, 0.5) is 0 Å². The molecule has 0 atom stereocenters. The molecule has 0 saturated carbocycles. The molecule has 28 heavy (non-hydrogen) atoms. The molecule has 0 radical (unpaired) electrons. The van der Waals surface area contributed by atoms with Gasteiger partial charge in [-0.25, -0.2) is 0 Å². The van der Waals surface area contributed by atoms with Crippen LogP contribution < -0.4 is 10.6 Å². The number of hydrogen-bond donors (Lipinski definition) is 2. The number of halogens is 2. The Bertz CT molecular complexity index is 593. The van der Waals surface area contributed by atoms with Crippen LogP contribution in [0, 0.1) is 5.92 Å². The highest BCUT2D eigenvalue weighted by atomic mass is 127. The Morgan fingerprint density at radius 2 is 1.96 bits per heavy atom. The second-order valence-electron chi connectivity index (χ2n) is 7.70. The van der Waals surface area contributed by atoms with E-state index >= 15 is 0 Å². The number of hydrogen-bond acceptors (Lipinski definition) is 3. The quantitative estimate of drug-likeness (QED) is 0.202. The van der Waals surface area contributed by atoms with E-state index in [-0.39, 0.29) is 29.4 Å². The van der Waals surface area contributed by atoms with Gasteiger partial charge in [0.1, 0.15) is 0 Å². The van der Waals surface area contributed by atoms with Gasteiger partial charge in [0, 0.05) is 56.5 Å². The SMILES string of the molecule is CN=C(NCCCOCC1CCOCC1)NCC(C)(C)c1ccccc1Br.I. The number of benzene rings is 1. The summed E-state index contributed by atoms with van der Waals surface area (Å²) >= 11 is 3.66. The summed E-state index contributed by atoms with van der Waals surface area (Å²) in [6.45, 7) is 9.52. The van der Waals surface area contributed by atoms with E-state index < -0.39 is 0 Å². The minimum absolute atomic E-state index is 0. The molecule has 0 amide bonds. The summed E-state index contributed by atoms with van der Waals surface area (Å²) in [6.07, 6.45) is 3.22. The third-order valence-corrected chi connectivity index (χ3v) is 5.67. The molecule has 160 valence electrons. The van der Waals surface area contributed by atoms with Gasteiger partial charge in [-0.2, -0.15) is 0 Å². The number of nitrogens with one attached hydrogen (secondary N) is 2. The van der Waals surface area contributed by atoms with E-state index in [4.69, 9.17) is 9.47 Å². The van der Waals surface area contributed by atoms with E-state index in [9.17, 15) is 0 Å². The fourth-order valence-electron chi connectivity index (χ4n) is 3.17. The minimum Gasteiger partial charge on any atom is -0.381 e. The van der Waals surface area contributed by atoms with Crippen LogP contribution in [-0.2, 0) is 14.9 Å².